The summed E-state index contributed by atoms with van der Waals surface area (Å²) in [6.07, 6.45) is 5.05. The summed E-state index contributed by atoms with van der Waals surface area (Å²) in [6, 6.07) is 7.01. The average molecular weight is 468 g/mol. The molecule has 4 aromatic rings. The van der Waals surface area contributed by atoms with Crippen molar-refractivity contribution in [3.8, 4) is 11.7 Å². The molecule has 33 heavy (non-hydrogen) atoms. The van der Waals surface area contributed by atoms with Gasteiger partial charge in [-0.05, 0) is 44.5 Å². The number of nitrogens with one attached hydrogen (secondary N) is 1. The van der Waals surface area contributed by atoms with Crippen LogP contribution in [0.4, 0.5) is 5.82 Å². The molecule has 4 heterocycles. The van der Waals surface area contributed by atoms with E-state index < -0.39 is 12.0 Å². The number of carbonyl (C=O) groups is 1. The quantitative estimate of drug-likeness (QED) is 0.419. The van der Waals surface area contributed by atoms with Gasteiger partial charge >= 0.3 is 0 Å². The van der Waals surface area contributed by atoms with Crippen LogP contribution in [-0.2, 0) is 9.53 Å². The van der Waals surface area contributed by atoms with Crippen molar-refractivity contribution in [2.45, 2.75) is 33.0 Å². The van der Waals surface area contributed by atoms with E-state index in [2.05, 4.69) is 30.4 Å². The smallest absolute Gasteiger partial charge is 0.269 e. The van der Waals surface area contributed by atoms with Crippen molar-refractivity contribution in [3.05, 3.63) is 59.8 Å². The molecule has 4 rings (SSSR count). The van der Waals surface area contributed by atoms with Crippen molar-refractivity contribution in [3.63, 3.8) is 0 Å². The number of pyridine rings is 2. The minimum atomic E-state index is -0.990. The van der Waals surface area contributed by atoms with Crippen LogP contribution in [0.5, 0.6) is 5.88 Å². The van der Waals surface area contributed by atoms with Crippen molar-refractivity contribution < 1.29 is 14.3 Å². The molecule has 0 aliphatic heterocycles. The highest BCUT2D eigenvalue weighted by molar-refractivity contribution is 6.32. The van der Waals surface area contributed by atoms with Gasteiger partial charge < -0.3 is 14.8 Å². The summed E-state index contributed by atoms with van der Waals surface area (Å²) in [5, 5.41) is 8.00. The number of hydrogen-bond acceptors (Lipinski definition) is 8. The third kappa shape index (κ3) is 5.24. The predicted octanol–water partition coefficient (Wildman–Crippen LogP) is 3.38. The lowest BCUT2D eigenvalue weighted by Crippen LogP contribution is -2.38. The van der Waals surface area contributed by atoms with E-state index in [0.29, 0.717) is 27.7 Å². The molecule has 0 fully saturated rings. The Morgan fingerprint density at radius 3 is 2.73 bits per heavy atom. The molecule has 170 valence electrons. The van der Waals surface area contributed by atoms with Gasteiger partial charge in [0.05, 0.1) is 23.9 Å². The van der Waals surface area contributed by atoms with Crippen molar-refractivity contribution in [1.82, 2.24) is 29.7 Å². The van der Waals surface area contributed by atoms with E-state index in [4.69, 9.17) is 21.1 Å². The Morgan fingerprint density at radius 2 is 2.00 bits per heavy atom. The van der Waals surface area contributed by atoms with Crippen molar-refractivity contribution >= 4 is 34.4 Å². The number of anilines is 1. The number of carbonyl (C=O) groups excluding carboxylic acids is 1. The van der Waals surface area contributed by atoms with Gasteiger partial charge in [-0.25, -0.2) is 19.9 Å². The Morgan fingerprint density at radius 1 is 1.15 bits per heavy atom. The zero-order valence-corrected chi connectivity index (χ0v) is 19.0. The zero-order chi connectivity index (χ0) is 23.4. The molecule has 1 atom stereocenters. The number of rotatable bonds is 8. The minimum absolute atomic E-state index is 0.0149. The summed E-state index contributed by atoms with van der Waals surface area (Å²) in [5.41, 5.74) is 1.42. The van der Waals surface area contributed by atoms with Crippen molar-refractivity contribution in [2.24, 2.45) is 0 Å². The molecular formula is C22H22ClN7O3. The highest BCUT2D eigenvalue weighted by atomic mass is 35.5. The van der Waals surface area contributed by atoms with Crippen LogP contribution in [0.1, 0.15) is 19.4 Å². The number of amides is 1. The highest BCUT2D eigenvalue weighted by Crippen LogP contribution is 2.26. The fourth-order valence-electron chi connectivity index (χ4n) is 2.93. The van der Waals surface area contributed by atoms with Crippen LogP contribution < -0.4 is 10.1 Å². The number of aryl methyl sites for hydroxylation is 1. The van der Waals surface area contributed by atoms with Gasteiger partial charge in [0.25, 0.3) is 5.91 Å². The second-order valence-corrected chi connectivity index (χ2v) is 7.89. The summed E-state index contributed by atoms with van der Waals surface area (Å²) in [7, 11) is 0. The molecule has 11 heteroatoms. The third-order valence-electron chi connectivity index (χ3n) is 4.56. The van der Waals surface area contributed by atoms with Crippen LogP contribution in [0.3, 0.4) is 0 Å². The second kappa shape index (κ2) is 9.88. The number of aromatic nitrogens is 6. The normalized spacial score (nSPS) is 12.2. The van der Waals surface area contributed by atoms with E-state index in [1.54, 1.807) is 30.6 Å². The lowest BCUT2D eigenvalue weighted by Gasteiger charge is -2.19. The van der Waals surface area contributed by atoms with Gasteiger partial charge in [-0.2, -0.15) is 9.78 Å². The first-order valence-electron chi connectivity index (χ1n) is 10.2. The van der Waals surface area contributed by atoms with E-state index in [9.17, 15) is 4.79 Å². The first kappa shape index (κ1) is 22.6. The van der Waals surface area contributed by atoms with Gasteiger partial charge in [0.1, 0.15) is 17.5 Å². The molecular weight excluding hydrogens is 446 g/mol. The number of nitrogens with zero attached hydrogens (tertiary/aromatic N) is 6. The van der Waals surface area contributed by atoms with Gasteiger partial charge in [0.15, 0.2) is 11.5 Å². The molecule has 1 N–H and O–H groups in total. The molecule has 0 bridgehead atoms. The monoisotopic (exact) mass is 467 g/mol. The summed E-state index contributed by atoms with van der Waals surface area (Å²) < 4.78 is 13.1. The third-order valence-corrected chi connectivity index (χ3v) is 4.85. The molecule has 10 nitrogen and oxygen atoms in total. The Labute approximate surface area is 195 Å². The van der Waals surface area contributed by atoms with E-state index in [0.717, 1.165) is 5.56 Å². The molecule has 4 aromatic heterocycles. The maximum atomic E-state index is 13.0. The van der Waals surface area contributed by atoms with E-state index in [-0.39, 0.29) is 18.6 Å². The summed E-state index contributed by atoms with van der Waals surface area (Å²) >= 11 is 6.27. The Hall–Kier alpha value is -3.63. The van der Waals surface area contributed by atoms with Crippen molar-refractivity contribution in [2.75, 3.05) is 11.9 Å². The Bertz CT molecular complexity index is 1260. The molecule has 0 spiro atoms. The maximum Gasteiger partial charge on any atom is 0.269 e. The van der Waals surface area contributed by atoms with Crippen LogP contribution in [0.2, 0.25) is 5.02 Å². The van der Waals surface area contributed by atoms with Gasteiger partial charge in [-0.1, -0.05) is 17.7 Å². The van der Waals surface area contributed by atoms with E-state index >= 15 is 0 Å². The number of ether oxygens (including phenoxy) is 2. The molecule has 1 unspecified atom stereocenters. The van der Waals surface area contributed by atoms with Crippen molar-refractivity contribution in [1.29, 1.82) is 0 Å². The Balaban J connectivity index is 1.62. The predicted molar refractivity (Wildman–Crippen MR) is 123 cm³/mol. The summed E-state index contributed by atoms with van der Waals surface area (Å²) in [4.78, 5) is 30.0. The van der Waals surface area contributed by atoms with Gasteiger partial charge in [0, 0.05) is 12.4 Å². The first-order valence-corrected chi connectivity index (χ1v) is 10.6. The molecule has 0 aliphatic rings. The standard InChI is InChI=1S/C22H22ClN7O3/c1-13(2)32-11-17(21(31)29-18-7-6-14(3)9-25-18)33-22-15-10-28-30(19(15)26-12-27-22)20-16(23)5-4-8-24-20/h4-10,12-13,17H,11H2,1-3H3,(H,25,29,31). The summed E-state index contributed by atoms with van der Waals surface area (Å²) in [6.45, 7) is 5.68. The number of halogens is 1. The fourth-order valence-corrected chi connectivity index (χ4v) is 3.13. The first-order chi connectivity index (χ1) is 15.9. The lowest BCUT2D eigenvalue weighted by molar-refractivity contribution is -0.126. The van der Waals surface area contributed by atoms with Gasteiger partial charge in [0.2, 0.25) is 12.0 Å². The molecule has 0 saturated carbocycles. The fraction of sp³-hybridized carbons (Fsp3) is 0.273. The van der Waals surface area contributed by atoms with E-state index in [1.165, 1.54) is 17.2 Å². The lowest BCUT2D eigenvalue weighted by atomic mass is 10.3. The van der Waals surface area contributed by atoms with Crippen LogP contribution >= 0.6 is 11.6 Å². The average Bonchev–Trinajstić information content (AvgIpc) is 3.23. The molecule has 0 aliphatic carbocycles. The number of hydrogen-bond donors (Lipinski definition) is 1. The maximum absolute atomic E-state index is 13.0. The molecule has 1 amide bonds. The van der Waals surface area contributed by atoms with E-state index in [1.807, 2.05) is 26.8 Å². The van der Waals surface area contributed by atoms with Gasteiger partial charge in [-0.15, -0.1) is 0 Å². The van der Waals surface area contributed by atoms with Crippen LogP contribution in [0.15, 0.2) is 49.2 Å². The molecule has 0 aromatic carbocycles. The van der Waals surface area contributed by atoms with Gasteiger partial charge in [-0.3, -0.25) is 4.79 Å². The second-order valence-electron chi connectivity index (χ2n) is 7.48. The zero-order valence-electron chi connectivity index (χ0n) is 18.3. The largest absolute Gasteiger partial charge is 0.461 e. The summed E-state index contributed by atoms with van der Waals surface area (Å²) in [5.74, 6) is 0.595. The number of fused-ring (bicyclic) bond motifs is 1. The topological polar surface area (TPSA) is 117 Å². The molecule has 0 radical (unpaired) electrons. The Kier molecular flexibility index (Phi) is 6.76. The van der Waals surface area contributed by atoms with Crippen LogP contribution in [0, 0.1) is 6.92 Å². The minimum Gasteiger partial charge on any atom is -0.461 e. The molecule has 0 saturated heterocycles. The SMILES string of the molecule is Cc1ccc(NC(=O)C(COC(C)C)Oc2ncnc3c2cnn3-c2ncccc2Cl)nc1. The van der Waals surface area contributed by atoms with Crippen LogP contribution in [-0.4, -0.2) is 54.4 Å². The highest BCUT2D eigenvalue weighted by Gasteiger charge is 2.25. The van der Waals surface area contributed by atoms with Crippen LogP contribution in [0.25, 0.3) is 16.9 Å².